The highest BCUT2D eigenvalue weighted by Gasteiger charge is 1.98. The number of benzene rings is 1. The highest BCUT2D eigenvalue weighted by atomic mass is 19.1. The van der Waals surface area contributed by atoms with Crippen LogP contribution in [0.3, 0.4) is 0 Å². The molecule has 0 atom stereocenters. The Morgan fingerprint density at radius 3 is 2.70 bits per heavy atom. The molecule has 0 aliphatic heterocycles. The number of nitrogens with two attached hydrogens (primary N) is 1. The minimum atomic E-state index is -0.489. The Kier molecular flexibility index (Phi) is 1.73. The molecular weight excluding hydrogens is 135 g/mol. The van der Waals surface area contributed by atoms with E-state index in [1.54, 1.807) is 0 Å². The van der Waals surface area contributed by atoms with Gasteiger partial charge < -0.3 is 10.5 Å². The summed E-state index contributed by atoms with van der Waals surface area (Å²) in [5.41, 5.74) is 2.51. The van der Waals surface area contributed by atoms with E-state index in [2.05, 4.69) is 5.43 Å². The molecule has 1 aromatic carbocycles. The van der Waals surface area contributed by atoms with Crippen LogP contribution in [0.1, 0.15) is 0 Å². The minimum Gasteiger partial charge on any atom is -0.506 e. The largest absolute Gasteiger partial charge is 0.506 e. The maximum absolute atomic E-state index is 12.3. The number of phenolic OH excluding ortho intramolecular Hbond substituents is 1. The molecule has 54 valence electrons. The zero-order chi connectivity index (χ0) is 7.56. The molecule has 4 heteroatoms. The van der Waals surface area contributed by atoms with Crippen LogP contribution in [0.5, 0.6) is 5.75 Å². The molecule has 0 aromatic heterocycles. The Morgan fingerprint density at radius 2 is 2.20 bits per heavy atom. The average Bonchev–Trinajstić information content (AvgIpc) is 1.88. The Hall–Kier alpha value is -1.29. The van der Waals surface area contributed by atoms with Crippen molar-refractivity contribution in [2.75, 3.05) is 5.43 Å². The monoisotopic (exact) mass is 142 g/mol. The second-order valence-electron chi connectivity index (χ2n) is 1.81. The summed E-state index contributed by atoms with van der Waals surface area (Å²) < 4.78 is 12.3. The smallest absolute Gasteiger partial charge is 0.142 e. The number of rotatable bonds is 1. The van der Waals surface area contributed by atoms with Gasteiger partial charge in [0.1, 0.15) is 11.6 Å². The van der Waals surface area contributed by atoms with Gasteiger partial charge >= 0.3 is 0 Å². The van der Waals surface area contributed by atoms with Gasteiger partial charge in [-0.15, -0.1) is 0 Å². The Morgan fingerprint density at radius 1 is 1.50 bits per heavy atom. The number of anilines is 1. The van der Waals surface area contributed by atoms with Crippen molar-refractivity contribution >= 4 is 5.69 Å². The fourth-order valence-electron chi connectivity index (χ4n) is 0.627. The molecule has 4 N–H and O–H groups in total. The van der Waals surface area contributed by atoms with Gasteiger partial charge in [0.05, 0.1) is 5.69 Å². The van der Waals surface area contributed by atoms with E-state index in [-0.39, 0.29) is 5.75 Å². The molecule has 0 amide bonds. The van der Waals surface area contributed by atoms with Crippen molar-refractivity contribution in [1.82, 2.24) is 0 Å². The molecule has 1 rings (SSSR count). The van der Waals surface area contributed by atoms with E-state index in [1.165, 1.54) is 12.1 Å². The predicted octanol–water partition coefficient (Wildman–Crippen LogP) is 0.817. The SMILES string of the molecule is NNc1ccc(F)cc1O. The first-order valence-electron chi connectivity index (χ1n) is 2.69. The van der Waals surface area contributed by atoms with E-state index < -0.39 is 5.82 Å². The molecular formula is C6H7FN2O. The van der Waals surface area contributed by atoms with E-state index in [0.29, 0.717) is 5.69 Å². The highest BCUT2D eigenvalue weighted by molar-refractivity contribution is 5.54. The number of nitrogen functional groups attached to an aromatic ring is 1. The third kappa shape index (κ3) is 1.16. The van der Waals surface area contributed by atoms with Crippen molar-refractivity contribution in [2.24, 2.45) is 5.84 Å². The molecule has 0 saturated heterocycles. The fraction of sp³-hybridized carbons (Fsp3) is 0. The third-order valence-electron chi connectivity index (χ3n) is 1.12. The molecule has 0 spiro atoms. The minimum absolute atomic E-state index is 0.192. The summed E-state index contributed by atoms with van der Waals surface area (Å²) in [5, 5.41) is 8.91. The Bertz CT molecular complexity index is 239. The van der Waals surface area contributed by atoms with Crippen LogP contribution < -0.4 is 11.3 Å². The lowest BCUT2D eigenvalue weighted by Gasteiger charge is -2.00. The lowest BCUT2D eigenvalue weighted by atomic mass is 10.3. The normalized spacial score (nSPS) is 9.40. The maximum Gasteiger partial charge on any atom is 0.142 e. The van der Waals surface area contributed by atoms with E-state index in [4.69, 9.17) is 10.9 Å². The molecule has 0 saturated carbocycles. The van der Waals surface area contributed by atoms with Gasteiger partial charge in [-0.05, 0) is 12.1 Å². The van der Waals surface area contributed by atoms with Crippen LogP contribution in [0.2, 0.25) is 0 Å². The summed E-state index contributed by atoms with van der Waals surface area (Å²) in [7, 11) is 0. The topological polar surface area (TPSA) is 58.3 Å². The van der Waals surface area contributed by atoms with Crippen LogP contribution in [-0.2, 0) is 0 Å². The van der Waals surface area contributed by atoms with Crippen LogP contribution in [0.15, 0.2) is 18.2 Å². The number of halogens is 1. The number of phenols is 1. The molecule has 3 nitrogen and oxygen atoms in total. The van der Waals surface area contributed by atoms with Gasteiger partial charge in [-0.2, -0.15) is 0 Å². The van der Waals surface area contributed by atoms with E-state index in [1.807, 2.05) is 0 Å². The van der Waals surface area contributed by atoms with Crippen LogP contribution in [0, 0.1) is 5.82 Å². The summed E-state index contributed by atoms with van der Waals surface area (Å²) in [5.74, 6) is 4.29. The molecule has 0 bridgehead atoms. The Balaban J connectivity index is 3.07. The first-order chi connectivity index (χ1) is 4.74. The molecule has 0 fully saturated rings. The predicted molar refractivity (Wildman–Crippen MR) is 35.9 cm³/mol. The first-order valence-corrected chi connectivity index (χ1v) is 2.69. The van der Waals surface area contributed by atoms with E-state index in [0.717, 1.165) is 6.07 Å². The fourth-order valence-corrected chi connectivity index (χ4v) is 0.627. The number of hydrogen-bond donors (Lipinski definition) is 3. The number of nitrogens with one attached hydrogen (secondary N) is 1. The van der Waals surface area contributed by atoms with E-state index in [9.17, 15) is 4.39 Å². The molecule has 0 aliphatic rings. The standard InChI is InChI=1S/C6H7FN2O/c7-4-1-2-5(9-8)6(10)3-4/h1-3,9-10H,8H2. The van der Waals surface area contributed by atoms with Gasteiger partial charge in [0.25, 0.3) is 0 Å². The second-order valence-corrected chi connectivity index (χ2v) is 1.81. The molecule has 1 aromatic rings. The number of hydrogen-bond acceptors (Lipinski definition) is 3. The van der Waals surface area contributed by atoms with Gasteiger partial charge in [-0.3, -0.25) is 5.84 Å². The van der Waals surface area contributed by atoms with Crippen molar-refractivity contribution in [3.8, 4) is 5.75 Å². The third-order valence-corrected chi connectivity index (χ3v) is 1.12. The van der Waals surface area contributed by atoms with Gasteiger partial charge in [-0.25, -0.2) is 4.39 Å². The quantitative estimate of drug-likeness (QED) is 0.309. The van der Waals surface area contributed by atoms with Crippen LogP contribution in [-0.4, -0.2) is 5.11 Å². The van der Waals surface area contributed by atoms with Gasteiger partial charge in [-0.1, -0.05) is 0 Å². The van der Waals surface area contributed by atoms with Crippen molar-refractivity contribution in [2.45, 2.75) is 0 Å². The van der Waals surface area contributed by atoms with Crippen molar-refractivity contribution < 1.29 is 9.50 Å². The lowest BCUT2D eigenvalue weighted by Crippen LogP contribution is -2.06. The molecule has 10 heavy (non-hydrogen) atoms. The maximum atomic E-state index is 12.3. The van der Waals surface area contributed by atoms with Gasteiger partial charge in [0, 0.05) is 6.07 Å². The number of aromatic hydroxyl groups is 1. The number of hydrazine groups is 1. The van der Waals surface area contributed by atoms with Crippen molar-refractivity contribution in [3.05, 3.63) is 24.0 Å². The summed E-state index contributed by atoms with van der Waals surface area (Å²) >= 11 is 0. The zero-order valence-corrected chi connectivity index (χ0v) is 5.13. The van der Waals surface area contributed by atoms with Crippen LogP contribution >= 0.6 is 0 Å². The van der Waals surface area contributed by atoms with Gasteiger partial charge in [0.2, 0.25) is 0 Å². The van der Waals surface area contributed by atoms with Crippen LogP contribution in [0.25, 0.3) is 0 Å². The first kappa shape index (κ1) is 6.82. The second kappa shape index (κ2) is 2.53. The zero-order valence-electron chi connectivity index (χ0n) is 5.13. The summed E-state index contributed by atoms with van der Waals surface area (Å²) in [6.07, 6.45) is 0. The highest BCUT2D eigenvalue weighted by Crippen LogP contribution is 2.21. The molecule has 0 heterocycles. The van der Waals surface area contributed by atoms with Crippen LogP contribution in [0.4, 0.5) is 10.1 Å². The lowest BCUT2D eigenvalue weighted by molar-refractivity contribution is 0.471. The van der Waals surface area contributed by atoms with Gasteiger partial charge in [0.15, 0.2) is 0 Å². The Labute approximate surface area is 57.3 Å². The summed E-state index contributed by atoms with van der Waals surface area (Å²) in [6.45, 7) is 0. The molecule has 0 unspecified atom stereocenters. The van der Waals surface area contributed by atoms with E-state index >= 15 is 0 Å². The average molecular weight is 142 g/mol. The summed E-state index contributed by atoms with van der Waals surface area (Å²) in [4.78, 5) is 0. The van der Waals surface area contributed by atoms with Crippen molar-refractivity contribution in [3.63, 3.8) is 0 Å². The molecule has 0 aliphatic carbocycles. The summed E-state index contributed by atoms with van der Waals surface area (Å²) in [6, 6.07) is 3.54. The molecule has 0 radical (unpaired) electrons. The van der Waals surface area contributed by atoms with Crippen molar-refractivity contribution in [1.29, 1.82) is 0 Å².